The van der Waals surface area contributed by atoms with Crippen LogP contribution >= 0.6 is 11.8 Å². The second-order valence-electron chi connectivity index (χ2n) is 6.46. The first kappa shape index (κ1) is 16.2. The second-order valence-corrected chi connectivity index (χ2v) is 7.42. The molecule has 25 heavy (non-hydrogen) atoms. The largest absolute Gasteiger partial charge is 0.353 e. The monoisotopic (exact) mass is 356 g/mol. The molecule has 0 radical (unpaired) electrons. The fraction of sp³-hybridized carbons (Fsp3) is 0.389. The van der Waals surface area contributed by atoms with Crippen molar-refractivity contribution in [2.24, 2.45) is 0 Å². The van der Waals surface area contributed by atoms with E-state index in [0.717, 1.165) is 23.7 Å². The number of thioether (sulfide) groups is 1. The van der Waals surface area contributed by atoms with E-state index in [2.05, 4.69) is 20.3 Å². The number of nitrogens with zero attached hydrogens (tertiary/aromatic N) is 1. The lowest BCUT2D eigenvalue weighted by atomic mass is 9.95. The molecule has 1 aliphatic carbocycles. The predicted molar refractivity (Wildman–Crippen MR) is 100.0 cm³/mol. The zero-order valence-corrected chi connectivity index (χ0v) is 14.6. The van der Waals surface area contributed by atoms with Crippen molar-refractivity contribution in [3.63, 3.8) is 0 Å². The smallest absolute Gasteiger partial charge is 0.275 e. The molecule has 0 bridgehead atoms. The first-order valence-corrected chi connectivity index (χ1v) is 9.62. The molecule has 0 aliphatic heterocycles. The van der Waals surface area contributed by atoms with E-state index in [1.807, 2.05) is 24.3 Å². The van der Waals surface area contributed by atoms with Gasteiger partial charge in [-0.05, 0) is 18.9 Å². The molecule has 2 aromatic heterocycles. The maximum absolute atomic E-state index is 12.3. The number of nitrogens with one attached hydrogen (secondary N) is 3. The Morgan fingerprint density at radius 2 is 2.00 bits per heavy atom. The topological polar surface area (TPSA) is 90.6 Å². The highest BCUT2D eigenvalue weighted by Crippen LogP contribution is 2.23. The minimum atomic E-state index is -0.212. The molecular formula is C18H20N4O2S. The Balaban J connectivity index is 1.50. The van der Waals surface area contributed by atoms with Crippen LogP contribution in [0.2, 0.25) is 0 Å². The molecule has 1 saturated carbocycles. The molecule has 3 aromatic rings. The number of amides is 1. The van der Waals surface area contributed by atoms with Gasteiger partial charge in [0.1, 0.15) is 11.0 Å². The van der Waals surface area contributed by atoms with Gasteiger partial charge < -0.3 is 10.3 Å². The van der Waals surface area contributed by atoms with Crippen molar-refractivity contribution in [2.45, 2.75) is 43.3 Å². The Kier molecular flexibility index (Phi) is 4.48. The molecule has 3 N–H and O–H groups in total. The van der Waals surface area contributed by atoms with Crippen molar-refractivity contribution >= 4 is 39.6 Å². The number of benzene rings is 1. The molecule has 2 heterocycles. The van der Waals surface area contributed by atoms with Crippen LogP contribution in [-0.4, -0.2) is 32.7 Å². The van der Waals surface area contributed by atoms with Gasteiger partial charge in [-0.1, -0.05) is 49.2 Å². The molecule has 1 aliphatic rings. The number of aromatic amines is 2. The molecule has 0 spiro atoms. The summed E-state index contributed by atoms with van der Waals surface area (Å²) in [6.45, 7) is 0. The molecule has 0 unspecified atom stereocenters. The van der Waals surface area contributed by atoms with Gasteiger partial charge in [0, 0.05) is 16.9 Å². The van der Waals surface area contributed by atoms with Crippen LogP contribution < -0.4 is 10.9 Å². The van der Waals surface area contributed by atoms with Crippen molar-refractivity contribution in [3.8, 4) is 0 Å². The van der Waals surface area contributed by atoms with Gasteiger partial charge in [-0.3, -0.25) is 14.6 Å². The summed E-state index contributed by atoms with van der Waals surface area (Å²) >= 11 is 1.27. The van der Waals surface area contributed by atoms with Gasteiger partial charge in [-0.15, -0.1) is 0 Å². The van der Waals surface area contributed by atoms with Crippen LogP contribution in [0.3, 0.4) is 0 Å². The van der Waals surface area contributed by atoms with Crippen LogP contribution in [-0.2, 0) is 4.79 Å². The number of para-hydroxylation sites is 1. The number of fused-ring (bicyclic) bond motifs is 3. The van der Waals surface area contributed by atoms with E-state index < -0.39 is 0 Å². The fourth-order valence-electron chi connectivity index (χ4n) is 3.42. The van der Waals surface area contributed by atoms with Gasteiger partial charge in [0.05, 0.1) is 5.75 Å². The summed E-state index contributed by atoms with van der Waals surface area (Å²) in [6, 6.07) is 7.98. The van der Waals surface area contributed by atoms with Crippen LogP contribution in [0.15, 0.2) is 34.2 Å². The maximum Gasteiger partial charge on any atom is 0.275 e. The molecule has 1 amide bonds. The van der Waals surface area contributed by atoms with E-state index in [1.165, 1.54) is 31.0 Å². The second kappa shape index (κ2) is 6.92. The normalized spacial score (nSPS) is 15.7. The van der Waals surface area contributed by atoms with E-state index in [9.17, 15) is 9.59 Å². The third-order valence-electron chi connectivity index (χ3n) is 4.65. The van der Waals surface area contributed by atoms with Crippen LogP contribution in [0.1, 0.15) is 32.1 Å². The number of carbonyl (C=O) groups is 1. The molecule has 6 nitrogen and oxygen atoms in total. The van der Waals surface area contributed by atoms with Crippen LogP contribution in [0.5, 0.6) is 0 Å². The van der Waals surface area contributed by atoms with Gasteiger partial charge in [-0.25, -0.2) is 4.98 Å². The fourth-order valence-corrected chi connectivity index (χ4v) is 4.09. The third-order valence-corrected chi connectivity index (χ3v) is 5.52. The van der Waals surface area contributed by atoms with Crippen LogP contribution in [0.25, 0.3) is 21.9 Å². The third kappa shape index (κ3) is 3.42. The minimum absolute atomic E-state index is 0.00132. The number of rotatable bonds is 4. The predicted octanol–water partition coefficient (Wildman–Crippen LogP) is 2.95. The van der Waals surface area contributed by atoms with E-state index in [1.54, 1.807) is 0 Å². The number of hydrogen-bond acceptors (Lipinski definition) is 4. The Morgan fingerprint density at radius 3 is 2.84 bits per heavy atom. The molecule has 1 fully saturated rings. The zero-order valence-electron chi connectivity index (χ0n) is 13.8. The Bertz CT molecular complexity index is 972. The quantitative estimate of drug-likeness (QED) is 0.495. The zero-order chi connectivity index (χ0) is 17.2. The van der Waals surface area contributed by atoms with Crippen LogP contribution in [0, 0.1) is 0 Å². The summed E-state index contributed by atoms with van der Waals surface area (Å²) in [5.41, 5.74) is 1.79. The van der Waals surface area contributed by atoms with Crippen molar-refractivity contribution in [1.82, 2.24) is 20.3 Å². The summed E-state index contributed by atoms with van der Waals surface area (Å²) < 4.78 is 0. The average Bonchev–Trinajstić information content (AvgIpc) is 3.00. The first-order valence-electron chi connectivity index (χ1n) is 8.63. The summed E-state index contributed by atoms with van der Waals surface area (Å²) in [6.07, 6.45) is 5.75. The van der Waals surface area contributed by atoms with Gasteiger partial charge in [0.2, 0.25) is 5.91 Å². The number of carbonyl (C=O) groups excluding carboxylic acids is 1. The summed E-state index contributed by atoms with van der Waals surface area (Å²) in [4.78, 5) is 34.8. The van der Waals surface area contributed by atoms with E-state index in [4.69, 9.17) is 0 Å². The molecule has 4 rings (SSSR count). The minimum Gasteiger partial charge on any atom is -0.353 e. The summed E-state index contributed by atoms with van der Waals surface area (Å²) in [5.74, 6) is 0.256. The van der Waals surface area contributed by atoms with Gasteiger partial charge in [-0.2, -0.15) is 0 Å². The van der Waals surface area contributed by atoms with Crippen LogP contribution in [0.4, 0.5) is 0 Å². The molecule has 0 atom stereocenters. The Hall–Kier alpha value is -2.28. The summed E-state index contributed by atoms with van der Waals surface area (Å²) in [5, 5.41) is 4.47. The SMILES string of the molecule is O=C(CSc1nc2c([nH]c3ccccc32)c(=O)[nH]1)NC1CCCCC1. The highest BCUT2D eigenvalue weighted by molar-refractivity contribution is 7.99. The standard InChI is InChI=1S/C18H20N4O2S/c23-14(19-11-6-2-1-3-7-11)10-25-18-21-15-12-8-4-5-9-13(12)20-16(15)17(24)22-18/h4-5,8-9,11,20H,1-3,6-7,10H2,(H,19,23)(H,21,22,24). The van der Waals surface area contributed by atoms with Gasteiger partial charge in [0.15, 0.2) is 5.16 Å². The molecule has 7 heteroatoms. The number of hydrogen-bond donors (Lipinski definition) is 3. The van der Waals surface area contributed by atoms with E-state index in [-0.39, 0.29) is 17.2 Å². The van der Waals surface area contributed by atoms with Gasteiger partial charge >= 0.3 is 0 Å². The average molecular weight is 356 g/mol. The van der Waals surface area contributed by atoms with Crippen molar-refractivity contribution in [1.29, 1.82) is 0 Å². The van der Waals surface area contributed by atoms with Crippen molar-refractivity contribution < 1.29 is 4.79 Å². The lowest BCUT2D eigenvalue weighted by Crippen LogP contribution is -2.37. The molecule has 130 valence electrons. The number of aromatic nitrogens is 3. The lowest BCUT2D eigenvalue weighted by molar-refractivity contribution is -0.119. The van der Waals surface area contributed by atoms with Crippen molar-refractivity contribution in [2.75, 3.05) is 5.75 Å². The lowest BCUT2D eigenvalue weighted by Gasteiger charge is -2.22. The summed E-state index contributed by atoms with van der Waals surface area (Å²) in [7, 11) is 0. The molecule has 1 aromatic carbocycles. The van der Waals surface area contributed by atoms with Gasteiger partial charge in [0.25, 0.3) is 5.56 Å². The molecule has 0 saturated heterocycles. The van der Waals surface area contributed by atoms with E-state index in [0.29, 0.717) is 22.2 Å². The number of H-pyrrole nitrogens is 2. The highest BCUT2D eigenvalue weighted by Gasteiger charge is 2.16. The maximum atomic E-state index is 12.3. The first-order chi connectivity index (χ1) is 12.2. The highest BCUT2D eigenvalue weighted by atomic mass is 32.2. The van der Waals surface area contributed by atoms with E-state index >= 15 is 0 Å². The Labute approximate surface area is 148 Å². The Morgan fingerprint density at radius 1 is 1.20 bits per heavy atom. The van der Waals surface area contributed by atoms with Crippen molar-refractivity contribution in [3.05, 3.63) is 34.6 Å². The molecular weight excluding hydrogens is 336 g/mol.